The summed E-state index contributed by atoms with van der Waals surface area (Å²) >= 11 is 1.90. The molecule has 0 aliphatic carbocycles. The number of carbonyl (C=O) groups is 2. The van der Waals surface area contributed by atoms with Gasteiger partial charge in [-0.1, -0.05) is 0 Å². The normalized spacial score (nSPS) is 23.9. The molecule has 2 aliphatic rings. The molecule has 2 aliphatic heterocycles. The maximum Gasteiger partial charge on any atom is 0.410 e. The second-order valence-corrected chi connectivity index (χ2v) is 8.20. The van der Waals surface area contributed by atoms with Gasteiger partial charge in [0.25, 0.3) is 0 Å². The predicted molar refractivity (Wildman–Crippen MR) is 89.1 cm³/mol. The van der Waals surface area contributed by atoms with E-state index in [4.69, 9.17) is 4.74 Å². The highest BCUT2D eigenvalue weighted by Gasteiger charge is 2.36. The fourth-order valence-corrected chi connectivity index (χ4v) is 3.79. The van der Waals surface area contributed by atoms with Crippen molar-refractivity contribution in [3.8, 4) is 0 Å². The molecule has 0 N–H and O–H groups in total. The number of ether oxygens (including phenoxy) is 1. The largest absolute Gasteiger partial charge is 0.444 e. The maximum atomic E-state index is 12.9. The summed E-state index contributed by atoms with van der Waals surface area (Å²) in [5.41, 5.74) is -0.526. The van der Waals surface area contributed by atoms with E-state index in [-0.39, 0.29) is 18.0 Å². The van der Waals surface area contributed by atoms with E-state index in [1.54, 1.807) is 4.90 Å². The number of piperidine rings is 1. The van der Waals surface area contributed by atoms with E-state index in [2.05, 4.69) is 0 Å². The zero-order chi connectivity index (χ0) is 16.2. The van der Waals surface area contributed by atoms with E-state index in [0.717, 1.165) is 50.3 Å². The van der Waals surface area contributed by atoms with Crippen LogP contribution >= 0.6 is 11.8 Å². The van der Waals surface area contributed by atoms with Crippen LogP contribution in [0.1, 0.15) is 46.5 Å². The number of hydrogen-bond acceptors (Lipinski definition) is 4. The number of thioether (sulfide) groups is 1. The van der Waals surface area contributed by atoms with Crippen LogP contribution < -0.4 is 0 Å². The Labute approximate surface area is 137 Å². The van der Waals surface area contributed by atoms with E-state index in [1.807, 2.05) is 37.4 Å². The van der Waals surface area contributed by atoms with Crippen LogP contribution in [0.2, 0.25) is 0 Å². The number of rotatable bonds is 1. The molecular formula is C16H28N2O3S. The SMILES string of the molecule is CC(C)(C)OC(=O)N1CCCCC1C(=O)N1CCCSCC1. The van der Waals surface area contributed by atoms with Crippen molar-refractivity contribution in [1.82, 2.24) is 9.80 Å². The van der Waals surface area contributed by atoms with E-state index < -0.39 is 5.60 Å². The van der Waals surface area contributed by atoms with Crippen molar-refractivity contribution in [3.63, 3.8) is 0 Å². The number of nitrogens with zero attached hydrogens (tertiary/aromatic N) is 2. The lowest BCUT2D eigenvalue weighted by molar-refractivity contribution is -0.137. The first-order valence-corrected chi connectivity index (χ1v) is 9.40. The Morgan fingerprint density at radius 3 is 2.55 bits per heavy atom. The Morgan fingerprint density at radius 1 is 1.05 bits per heavy atom. The topological polar surface area (TPSA) is 49.9 Å². The van der Waals surface area contributed by atoms with Gasteiger partial charge in [0.2, 0.25) is 5.91 Å². The summed E-state index contributed by atoms with van der Waals surface area (Å²) in [6, 6.07) is -0.341. The molecule has 126 valence electrons. The Hall–Kier alpha value is -0.910. The second-order valence-electron chi connectivity index (χ2n) is 6.98. The summed E-state index contributed by atoms with van der Waals surface area (Å²) in [4.78, 5) is 28.8. The summed E-state index contributed by atoms with van der Waals surface area (Å²) in [6.45, 7) is 7.80. The van der Waals surface area contributed by atoms with Crippen molar-refractivity contribution in [3.05, 3.63) is 0 Å². The first-order chi connectivity index (χ1) is 10.4. The third-order valence-corrected chi connectivity index (χ3v) is 5.00. The summed E-state index contributed by atoms with van der Waals surface area (Å²) in [5, 5.41) is 0. The molecule has 0 saturated carbocycles. The fourth-order valence-electron chi connectivity index (χ4n) is 2.90. The van der Waals surface area contributed by atoms with Crippen LogP contribution in [0.4, 0.5) is 4.79 Å². The molecule has 2 saturated heterocycles. The third kappa shape index (κ3) is 4.80. The Bertz CT molecular complexity index is 401. The van der Waals surface area contributed by atoms with Crippen molar-refractivity contribution < 1.29 is 14.3 Å². The molecule has 0 aromatic heterocycles. The van der Waals surface area contributed by atoms with Gasteiger partial charge in [-0.2, -0.15) is 11.8 Å². The van der Waals surface area contributed by atoms with E-state index in [9.17, 15) is 9.59 Å². The number of amides is 2. The molecule has 5 nitrogen and oxygen atoms in total. The lowest BCUT2D eigenvalue weighted by atomic mass is 10.0. The van der Waals surface area contributed by atoms with Gasteiger partial charge in [0.05, 0.1) is 0 Å². The van der Waals surface area contributed by atoms with Crippen LogP contribution in [0.25, 0.3) is 0 Å². The summed E-state index contributed by atoms with van der Waals surface area (Å²) in [6.07, 6.45) is 3.38. The molecule has 1 atom stereocenters. The van der Waals surface area contributed by atoms with Crippen molar-refractivity contribution in [2.24, 2.45) is 0 Å². The van der Waals surface area contributed by atoms with Crippen molar-refractivity contribution >= 4 is 23.8 Å². The summed E-state index contributed by atoms with van der Waals surface area (Å²) in [5.74, 6) is 2.21. The zero-order valence-electron chi connectivity index (χ0n) is 14.0. The highest BCUT2D eigenvalue weighted by atomic mass is 32.2. The van der Waals surface area contributed by atoms with Gasteiger partial charge in [0.15, 0.2) is 0 Å². The van der Waals surface area contributed by atoms with Gasteiger partial charge in [-0.05, 0) is 52.2 Å². The Kier molecular flexibility index (Phi) is 6.01. The molecule has 22 heavy (non-hydrogen) atoms. The van der Waals surface area contributed by atoms with Crippen LogP contribution in [0.5, 0.6) is 0 Å². The number of likely N-dealkylation sites (tertiary alicyclic amines) is 1. The van der Waals surface area contributed by atoms with Gasteiger partial charge >= 0.3 is 6.09 Å². The Morgan fingerprint density at radius 2 is 1.82 bits per heavy atom. The second kappa shape index (κ2) is 7.57. The highest BCUT2D eigenvalue weighted by Crippen LogP contribution is 2.23. The molecule has 0 bridgehead atoms. The van der Waals surface area contributed by atoms with Gasteiger partial charge < -0.3 is 9.64 Å². The number of hydrogen-bond donors (Lipinski definition) is 0. The van der Waals surface area contributed by atoms with Crippen LogP contribution in [-0.2, 0) is 9.53 Å². The molecule has 1 unspecified atom stereocenters. The summed E-state index contributed by atoms with van der Waals surface area (Å²) < 4.78 is 5.48. The van der Waals surface area contributed by atoms with Crippen molar-refractivity contribution in [2.45, 2.75) is 58.1 Å². The lowest BCUT2D eigenvalue weighted by Crippen LogP contribution is -2.54. The van der Waals surface area contributed by atoms with Gasteiger partial charge in [-0.25, -0.2) is 4.79 Å². The molecule has 6 heteroatoms. The molecule has 0 spiro atoms. The minimum Gasteiger partial charge on any atom is -0.444 e. The molecule has 0 aromatic carbocycles. The average molecular weight is 328 g/mol. The predicted octanol–water partition coefficient (Wildman–Crippen LogP) is 2.74. The number of carbonyl (C=O) groups excluding carboxylic acids is 2. The Balaban J connectivity index is 2.04. The monoisotopic (exact) mass is 328 g/mol. The van der Waals surface area contributed by atoms with Gasteiger partial charge in [0, 0.05) is 25.4 Å². The minimum absolute atomic E-state index is 0.105. The van der Waals surface area contributed by atoms with E-state index in [0.29, 0.717) is 6.54 Å². The smallest absolute Gasteiger partial charge is 0.410 e. The first kappa shape index (κ1) is 17.4. The minimum atomic E-state index is -0.526. The average Bonchev–Trinajstić information content (AvgIpc) is 2.74. The quantitative estimate of drug-likeness (QED) is 0.743. The van der Waals surface area contributed by atoms with Crippen molar-refractivity contribution in [2.75, 3.05) is 31.1 Å². The molecule has 0 radical (unpaired) electrons. The van der Waals surface area contributed by atoms with Crippen LogP contribution in [0, 0.1) is 0 Å². The van der Waals surface area contributed by atoms with Crippen molar-refractivity contribution in [1.29, 1.82) is 0 Å². The van der Waals surface area contributed by atoms with E-state index in [1.165, 1.54) is 0 Å². The molecule has 2 amide bonds. The van der Waals surface area contributed by atoms with E-state index >= 15 is 0 Å². The zero-order valence-corrected chi connectivity index (χ0v) is 14.8. The molecule has 2 heterocycles. The molecule has 2 fully saturated rings. The van der Waals surface area contributed by atoms with Gasteiger partial charge in [0.1, 0.15) is 11.6 Å². The van der Waals surface area contributed by atoms with Crippen LogP contribution in [-0.4, -0.2) is 64.6 Å². The third-order valence-electron chi connectivity index (χ3n) is 3.95. The summed E-state index contributed by atoms with van der Waals surface area (Å²) in [7, 11) is 0. The molecule has 2 rings (SSSR count). The lowest BCUT2D eigenvalue weighted by Gasteiger charge is -2.38. The maximum absolute atomic E-state index is 12.9. The highest BCUT2D eigenvalue weighted by molar-refractivity contribution is 7.99. The molecular weight excluding hydrogens is 300 g/mol. The fraction of sp³-hybridized carbons (Fsp3) is 0.875. The first-order valence-electron chi connectivity index (χ1n) is 8.24. The molecule has 0 aromatic rings. The van der Waals surface area contributed by atoms with Crippen LogP contribution in [0.3, 0.4) is 0 Å². The van der Waals surface area contributed by atoms with Gasteiger partial charge in [-0.15, -0.1) is 0 Å². The van der Waals surface area contributed by atoms with Crippen LogP contribution in [0.15, 0.2) is 0 Å². The van der Waals surface area contributed by atoms with Gasteiger partial charge in [-0.3, -0.25) is 9.69 Å². The standard InChI is InChI=1S/C16H28N2O3S/c1-16(2,3)21-15(20)18-9-5-4-7-13(18)14(19)17-8-6-11-22-12-10-17/h13H,4-12H2,1-3H3.